The number of thiazole rings is 1. The lowest BCUT2D eigenvalue weighted by atomic mass is 9.88. The zero-order valence-corrected chi connectivity index (χ0v) is 18.4. The lowest BCUT2D eigenvalue weighted by Crippen LogP contribution is -2.46. The molecule has 0 aliphatic carbocycles. The van der Waals surface area contributed by atoms with Crippen molar-refractivity contribution in [1.82, 2.24) is 14.9 Å². The fraction of sp³-hybridized carbons (Fsp3) is 0.304. The number of pyridine rings is 1. The van der Waals surface area contributed by atoms with Crippen LogP contribution in [0.3, 0.4) is 0 Å². The van der Waals surface area contributed by atoms with Crippen molar-refractivity contribution in [3.8, 4) is 0 Å². The molecule has 1 N–H and O–H groups in total. The first-order valence-electron chi connectivity index (χ1n) is 10.3. The summed E-state index contributed by atoms with van der Waals surface area (Å²) in [7, 11) is 0. The van der Waals surface area contributed by atoms with Crippen LogP contribution in [-0.2, 0) is 4.74 Å². The average Bonchev–Trinajstić information content (AvgIpc) is 3.55. The summed E-state index contributed by atoms with van der Waals surface area (Å²) in [5, 5.41) is 4.76. The van der Waals surface area contributed by atoms with Crippen LogP contribution in [0.1, 0.15) is 18.2 Å². The molecule has 0 amide bonds. The molecule has 1 aromatic carbocycles. The van der Waals surface area contributed by atoms with Crippen molar-refractivity contribution in [2.45, 2.75) is 18.9 Å². The highest BCUT2D eigenvalue weighted by Gasteiger charge is 2.46. The van der Waals surface area contributed by atoms with E-state index in [4.69, 9.17) is 4.74 Å². The fourth-order valence-corrected chi connectivity index (χ4v) is 6.61. The van der Waals surface area contributed by atoms with E-state index in [1.54, 1.807) is 22.7 Å². The Labute approximate surface area is 183 Å². The summed E-state index contributed by atoms with van der Waals surface area (Å²) in [4.78, 5) is 14.0. The Bertz CT molecular complexity index is 1270. The lowest BCUT2D eigenvalue weighted by Gasteiger charge is -2.35. The number of hydrogen-bond donors (Lipinski definition) is 1. The molecule has 1 saturated heterocycles. The molecule has 1 spiro atoms. The third-order valence-electron chi connectivity index (χ3n) is 6.32. The van der Waals surface area contributed by atoms with Crippen molar-refractivity contribution in [1.29, 1.82) is 0 Å². The Kier molecular flexibility index (Phi) is 4.38. The maximum atomic E-state index is 5.86. The highest BCUT2D eigenvalue weighted by molar-refractivity contribution is 7.19. The first-order chi connectivity index (χ1) is 14.8. The van der Waals surface area contributed by atoms with E-state index in [-0.39, 0.29) is 5.54 Å². The van der Waals surface area contributed by atoms with E-state index in [0.29, 0.717) is 0 Å². The topological polar surface area (TPSA) is 50.3 Å². The first-order valence-corrected chi connectivity index (χ1v) is 12.0. The second-order valence-corrected chi connectivity index (χ2v) is 9.76. The van der Waals surface area contributed by atoms with Crippen molar-refractivity contribution >= 4 is 60.1 Å². The molecule has 152 valence electrons. The fourth-order valence-electron chi connectivity index (χ4n) is 4.79. The van der Waals surface area contributed by atoms with Crippen molar-refractivity contribution in [2.24, 2.45) is 0 Å². The quantitative estimate of drug-likeness (QED) is 0.458. The SMILES string of the molecule is CCN1CC=C(c2cc3c(Nc4ccc5scnc5c4)ccnc3s2)[C@@]12CCOC2. The van der Waals surface area contributed by atoms with Gasteiger partial charge in [-0.2, -0.15) is 0 Å². The zero-order chi connectivity index (χ0) is 20.1. The van der Waals surface area contributed by atoms with E-state index < -0.39 is 0 Å². The van der Waals surface area contributed by atoms with Crippen LogP contribution < -0.4 is 5.32 Å². The number of aromatic nitrogens is 2. The standard InChI is InChI=1S/C23H22N4OS2/c1-2-27-9-6-17(23(27)7-10-28-13-23)21-12-16-18(5-8-24-22(16)30-21)26-15-3-4-20-19(11-15)25-14-29-20/h3-6,8,11-12,14H,2,7,9-10,13H2,1H3,(H,24,26)/t23-/m0/s1. The molecule has 30 heavy (non-hydrogen) atoms. The highest BCUT2D eigenvalue weighted by atomic mass is 32.1. The van der Waals surface area contributed by atoms with Crippen molar-refractivity contribution in [3.63, 3.8) is 0 Å². The average molecular weight is 435 g/mol. The molecule has 5 heterocycles. The Morgan fingerprint density at radius 2 is 2.20 bits per heavy atom. The van der Waals surface area contributed by atoms with Crippen LogP contribution in [0.15, 0.2) is 48.1 Å². The van der Waals surface area contributed by atoms with Crippen molar-refractivity contribution in [3.05, 3.63) is 53.0 Å². The minimum Gasteiger partial charge on any atom is -0.379 e. The number of hydrogen-bond acceptors (Lipinski definition) is 7. The molecule has 7 heteroatoms. The number of nitrogens with one attached hydrogen (secondary N) is 1. The van der Waals surface area contributed by atoms with E-state index in [0.717, 1.165) is 54.4 Å². The summed E-state index contributed by atoms with van der Waals surface area (Å²) in [6.45, 7) is 5.90. The molecule has 3 aromatic heterocycles. The molecular formula is C23H22N4OS2. The van der Waals surface area contributed by atoms with Crippen LogP contribution in [0.2, 0.25) is 0 Å². The lowest BCUT2D eigenvalue weighted by molar-refractivity contribution is 0.129. The summed E-state index contributed by atoms with van der Waals surface area (Å²) >= 11 is 3.45. The monoisotopic (exact) mass is 434 g/mol. The summed E-state index contributed by atoms with van der Waals surface area (Å²) in [6.07, 6.45) is 5.35. The molecular weight excluding hydrogens is 412 g/mol. The van der Waals surface area contributed by atoms with Gasteiger partial charge in [-0.05, 0) is 48.9 Å². The molecule has 2 aliphatic rings. The number of benzene rings is 1. The minimum absolute atomic E-state index is 0.0267. The molecule has 4 aromatic rings. The minimum atomic E-state index is 0.0267. The van der Waals surface area contributed by atoms with E-state index in [1.807, 2.05) is 11.7 Å². The summed E-state index contributed by atoms with van der Waals surface area (Å²) in [5.74, 6) is 0. The van der Waals surface area contributed by atoms with E-state index in [9.17, 15) is 0 Å². The van der Waals surface area contributed by atoms with Gasteiger partial charge in [0, 0.05) is 35.3 Å². The van der Waals surface area contributed by atoms with E-state index in [2.05, 4.69) is 63.5 Å². The normalized spacial score (nSPS) is 21.8. The van der Waals surface area contributed by atoms with Gasteiger partial charge in [-0.25, -0.2) is 9.97 Å². The number of rotatable bonds is 4. The Morgan fingerprint density at radius 1 is 1.23 bits per heavy atom. The van der Waals surface area contributed by atoms with E-state index in [1.165, 1.54) is 20.5 Å². The Hall–Kier alpha value is -2.32. The van der Waals surface area contributed by atoms with Crippen LogP contribution in [0, 0.1) is 0 Å². The third-order valence-corrected chi connectivity index (χ3v) is 8.20. The Balaban J connectivity index is 1.39. The third kappa shape index (κ3) is 2.80. The van der Waals surface area contributed by atoms with Crippen LogP contribution >= 0.6 is 22.7 Å². The smallest absolute Gasteiger partial charge is 0.125 e. The molecule has 0 saturated carbocycles. The number of thiophene rings is 1. The first kappa shape index (κ1) is 18.4. The van der Waals surface area contributed by atoms with Gasteiger partial charge in [0.25, 0.3) is 0 Å². The van der Waals surface area contributed by atoms with E-state index >= 15 is 0 Å². The molecule has 2 aliphatic heterocycles. The number of nitrogens with zero attached hydrogens (tertiary/aromatic N) is 3. The number of ether oxygens (including phenoxy) is 1. The van der Waals surface area contributed by atoms with Gasteiger partial charge in [0.05, 0.1) is 33.6 Å². The molecule has 1 atom stereocenters. The largest absolute Gasteiger partial charge is 0.379 e. The van der Waals surface area contributed by atoms with Gasteiger partial charge in [-0.1, -0.05) is 13.0 Å². The number of anilines is 2. The van der Waals surface area contributed by atoms with Gasteiger partial charge in [0.2, 0.25) is 0 Å². The number of fused-ring (bicyclic) bond motifs is 2. The van der Waals surface area contributed by atoms with Crippen molar-refractivity contribution in [2.75, 3.05) is 31.6 Å². The van der Waals surface area contributed by atoms with Crippen LogP contribution in [0.5, 0.6) is 0 Å². The van der Waals surface area contributed by atoms with Crippen LogP contribution in [-0.4, -0.2) is 46.7 Å². The van der Waals surface area contributed by atoms with Gasteiger partial charge < -0.3 is 10.1 Å². The maximum absolute atomic E-state index is 5.86. The molecule has 1 fully saturated rings. The molecule has 0 radical (unpaired) electrons. The molecule has 0 unspecified atom stereocenters. The molecule has 5 nitrogen and oxygen atoms in total. The summed E-state index contributed by atoms with van der Waals surface area (Å²) < 4.78 is 7.07. The molecule has 6 rings (SSSR count). The second-order valence-electron chi connectivity index (χ2n) is 7.84. The van der Waals surface area contributed by atoms with Gasteiger partial charge in [-0.3, -0.25) is 4.90 Å². The predicted molar refractivity (Wildman–Crippen MR) is 126 cm³/mol. The van der Waals surface area contributed by atoms with Gasteiger partial charge in [0.15, 0.2) is 0 Å². The molecule has 0 bridgehead atoms. The second kappa shape index (κ2) is 7.13. The maximum Gasteiger partial charge on any atom is 0.125 e. The van der Waals surface area contributed by atoms with Gasteiger partial charge >= 0.3 is 0 Å². The number of likely N-dealkylation sites (N-methyl/N-ethyl adjacent to an activating group) is 1. The van der Waals surface area contributed by atoms with Crippen LogP contribution in [0.25, 0.3) is 26.0 Å². The zero-order valence-electron chi connectivity index (χ0n) is 16.7. The van der Waals surface area contributed by atoms with Gasteiger partial charge in [-0.15, -0.1) is 22.7 Å². The Morgan fingerprint density at radius 3 is 3.07 bits per heavy atom. The van der Waals surface area contributed by atoms with Crippen molar-refractivity contribution < 1.29 is 4.74 Å². The van der Waals surface area contributed by atoms with Crippen LogP contribution in [0.4, 0.5) is 11.4 Å². The summed E-state index contributed by atoms with van der Waals surface area (Å²) in [6, 6.07) is 10.7. The predicted octanol–water partition coefficient (Wildman–Crippen LogP) is 5.53. The summed E-state index contributed by atoms with van der Waals surface area (Å²) in [5.41, 5.74) is 6.49. The highest BCUT2D eigenvalue weighted by Crippen LogP contribution is 2.46. The van der Waals surface area contributed by atoms with Gasteiger partial charge in [0.1, 0.15) is 4.83 Å².